The summed E-state index contributed by atoms with van der Waals surface area (Å²) in [6, 6.07) is 8.51. The van der Waals surface area contributed by atoms with Crippen LogP contribution in [0.25, 0.3) is 0 Å². The third kappa shape index (κ3) is 8.44. The molecule has 1 aliphatic rings. The topological polar surface area (TPSA) is 182 Å². The Bertz CT molecular complexity index is 1180. The van der Waals surface area contributed by atoms with E-state index in [1.807, 2.05) is 13.8 Å². The zero-order valence-corrected chi connectivity index (χ0v) is 22.7. The van der Waals surface area contributed by atoms with E-state index in [2.05, 4.69) is 10.6 Å². The Balaban J connectivity index is 1.74. The minimum absolute atomic E-state index is 0.00961. The fourth-order valence-corrected chi connectivity index (χ4v) is 4.80. The van der Waals surface area contributed by atoms with Gasteiger partial charge in [0.15, 0.2) is 0 Å². The van der Waals surface area contributed by atoms with Gasteiger partial charge in [-0.25, -0.2) is 4.79 Å². The van der Waals surface area contributed by atoms with E-state index in [4.69, 9.17) is 5.73 Å². The second-order valence-electron chi connectivity index (χ2n) is 10.6. The highest BCUT2D eigenvalue weighted by molar-refractivity contribution is 5.94. The molecule has 216 valence electrons. The number of hydrogen-bond donors (Lipinski definition) is 6. The molecule has 0 saturated carbocycles. The van der Waals surface area contributed by atoms with Gasteiger partial charge in [0.2, 0.25) is 17.7 Å². The lowest BCUT2D eigenvalue weighted by atomic mass is 10.0. The molecule has 11 nitrogen and oxygen atoms in total. The Hall–Kier alpha value is -4.12. The van der Waals surface area contributed by atoms with Crippen molar-refractivity contribution in [1.29, 1.82) is 0 Å². The van der Waals surface area contributed by atoms with Crippen molar-refractivity contribution in [2.45, 2.75) is 70.1 Å². The van der Waals surface area contributed by atoms with Crippen LogP contribution in [0.4, 0.5) is 0 Å². The fraction of sp³-hybridized carbons (Fsp3) is 0.448. The minimum Gasteiger partial charge on any atom is -0.508 e. The molecule has 7 N–H and O–H groups in total. The first-order valence-electron chi connectivity index (χ1n) is 13.4. The van der Waals surface area contributed by atoms with Crippen LogP contribution in [0.5, 0.6) is 11.5 Å². The van der Waals surface area contributed by atoms with Crippen molar-refractivity contribution in [1.82, 2.24) is 15.5 Å². The average Bonchev–Trinajstić information content (AvgIpc) is 3.39. The molecule has 1 aliphatic heterocycles. The quantitative estimate of drug-likeness (QED) is 0.227. The Labute approximate surface area is 233 Å². The van der Waals surface area contributed by atoms with E-state index in [1.54, 1.807) is 24.3 Å². The molecule has 40 heavy (non-hydrogen) atoms. The first-order valence-corrected chi connectivity index (χ1v) is 13.4. The van der Waals surface area contributed by atoms with Gasteiger partial charge in [0.1, 0.15) is 29.6 Å². The minimum atomic E-state index is -1.17. The van der Waals surface area contributed by atoms with Crippen LogP contribution in [0.2, 0.25) is 0 Å². The van der Waals surface area contributed by atoms with Crippen LogP contribution in [0.3, 0.4) is 0 Å². The normalized spacial score (nSPS) is 17.2. The number of carbonyl (C=O) groups excluding carboxylic acids is 3. The number of likely N-dealkylation sites (tertiary alicyclic amines) is 1. The van der Waals surface area contributed by atoms with E-state index in [9.17, 15) is 34.5 Å². The molecule has 4 atom stereocenters. The maximum atomic E-state index is 13.4. The summed E-state index contributed by atoms with van der Waals surface area (Å²) in [5.41, 5.74) is 7.60. The standard InChI is InChI=1S/C29H38N4O7/c1-17(2)14-24(29(39)40)32-26(36)23(16-19-7-11-21(35)12-8-19)31-27(37)25-4-3-13-33(25)28(38)22(30)15-18-5-9-20(34)10-6-18/h5-12,17,22-25,34-35H,3-4,13-16,30H2,1-2H3,(H,31,37)(H,32,36)(H,39,40). The largest absolute Gasteiger partial charge is 0.508 e. The number of carboxylic acids is 1. The second-order valence-corrected chi connectivity index (χ2v) is 10.6. The van der Waals surface area contributed by atoms with Gasteiger partial charge in [0.05, 0.1) is 6.04 Å². The number of phenolic OH excluding ortho intramolecular Hbond substituents is 2. The summed E-state index contributed by atoms with van der Waals surface area (Å²) < 4.78 is 0. The van der Waals surface area contributed by atoms with Crippen LogP contribution >= 0.6 is 0 Å². The summed E-state index contributed by atoms with van der Waals surface area (Å²) in [6.45, 7) is 4.02. The van der Waals surface area contributed by atoms with Gasteiger partial charge in [-0.05, 0) is 67.0 Å². The summed E-state index contributed by atoms with van der Waals surface area (Å²) in [6.07, 6.45) is 1.46. The Morgan fingerprint density at radius 3 is 1.98 bits per heavy atom. The molecule has 0 radical (unpaired) electrons. The van der Waals surface area contributed by atoms with Crippen LogP contribution in [0, 0.1) is 5.92 Å². The number of phenols is 2. The zero-order valence-electron chi connectivity index (χ0n) is 22.7. The van der Waals surface area contributed by atoms with Crippen LogP contribution < -0.4 is 16.4 Å². The van der Waals surface area contributed by atoms with Crippen molar-refractivity contribution in [2.75, 3.05) is 6.54 Å². The molecule has 1 heterocycles. The van der Waals surface area contributed by atoms with Gasteiger partial charge in [-0.15, -0.1) is 0 Å². The van der Waals surface area contributed by atoms with Crippen LogP contribution in [-0.2, 0) is 32.0 Å². The number of nitrogens with one attached hydrogen (secondary N) is 2. The number of benzene rings is 2. The predicted molar refractivity (Wildman–Crippen MR) is 147 cm³/mol. The van der Waals surface area contributed by atoms with E-state index in [1.165, 1.54) is 29.2 Å². The number of nitrogens with zero attached hydrogens (tertiary/aromatic N) is 1. The summed E-state index contributed by atoms with van der Waals surface area (Å²) in [5, 5.41) is 34.0. The highest BCUT2D eigenvalue weighted by atomic mass is 16.4. The number of nitrogens with two attached hydrogens (primary N) is 1. The lowest BCUT2D eigenvalue weighted by Gasteiger charge is -2.29. The maximum absolute atomic E-state index is 13.4. The molecule has 1 saturated heterocycles. The van der Waals surface area contributed by atoms with E-state index in [-0.39, 0.29) is 36.7 Å². The lowest BCUT2D eigenvalue weighted by Crippen LogP contribution is -2.57. The van der Waals surface area contributed by atoms with Crippen LogP contribution in [0.1, 0.15) is 44.2 Å². The van der Waals surface area contributed by atoms with Gasteiger partial charge < -0.3 is 36.6 Å². The molecule has 2 aromatic carbocycles. The molecule has 1 fully saturated rings. The number of amides is 3. The highest BCUT2D eigenvalue weighted by Crippen LogP contribution is 2.21. The van der Waals surface area contributed by atoms with Gasteiger partial charge in [-0.2, -0.15) is 0 Å². The number of hydrogen-bond acceptors (Lipinski definition) is 7. The van der Waals surface area contributed by atoms with Crippen molar-refractivity contribution in [3.63, 3.8) is 0 Å². The first kappa shape index (κ1) is 30.4. The van der Waals surface area contributed by atoms with Gasteiger partial charge >= 0.3 is 5.97 Å². The van der Waals surface area contributed by atoms with Crippen LogP contribution in [0.15, 0.2) is 48.5 Å². The summed E-state index contributed by atoms with van der Waals surface area (Å²) in [4.78, 5) is 53.1. The lowest BCUT2D eigenvalue weighted by molar-refractivity contribution is -0.143. The second kappa shape index (κ2) is 13.8. The third-order valence-corrected chi connectivity index (χ3v) is 6.88. The number of aromatic hydroxyl groups is 2. The molecule has 2 aromatic rings. The number of rotatable bonds is 12. The summed E-state index contributed by atoms with van der Waals surface area (Å²) >= 11 is 0. The SMILES string of the molecule is CC(C)CC(NC(=O)C(Cc1ccc(O)cc1)NC(=O)C1CCCN1C(=O)C(N)Cc1ccc(O)cc1)C(=O)O. The number of carbonyl (C=O) groups is 4. The van der Waals surface area contributed by atoms with Crippen molar-refractivity contribution < 1.29 is 34.5 Å². The zero-order chi connectivity index (χ0) is 29.4. The molecular weight excluding hydrogens is 516 g/mol. The highest BCUT2D eigenvalue weighted by Gasteiger charge is 2.38. The molecule has 0 aliphatic carbocycles. The van der Waals surface area contributed by atoms with E-state index >= 15 is 0 Å². The van der Waals surface area contributed by atoms with E-state index in [0.29, 0.717) is 24.9 Å². The van der Waals surface area contributed by atoms with Gasteiger partial charge in [0, 0.05) is 13.0 Å². The van der Waals surface area contributed by atoms with Crippen molar-refractivity contribution in [2.24, 2.45) is 11.7 Å². The first-order chi connectivity index (χ1) is 18.9. The number of carboxylic acid groups (broad SMARTS) is 1. The molecule has 4 unspecified atom stereocenters. The smallest absolute Gasteiger partial charge is 0.326 e. The number of aliphatic carboxylic acids is 1. The molecular formula is C29H38N4O7. The van der Waals surface area contributed by atoms with Crippen LogP contribution in [-0.4, -0.2) is 74.6 Å². The summed E-state index contributed by atoms with van der Waals surface area (Å²) in [5.74, 6) is -2.60. The molecule has 0 spiro atoms. The van der Waals surface area contributed by atoms with Crippen molar-refractivity contribution in [3.8, 4) is 11.5 Å². The predicted octanol–water partition coefficient (Wildman–Crippen LogP) is 1.30. The van der Waals surface area contributed by atoms with E-state index in [0.717, 1.165) is 5.56 Å². The Morgan fingerprint density at radius 1 is 0.900 bits per heavy atom. The van der Waals surface area contributed by atoms with Gasteiger partial charge in [-0.1, -0.05) is 38.1 Å². The maximum Gasteiger partial charge on any atom is 0.326 e. The van der Waals surface area contributed by atoms with Crippen molar-refractivity contribution >= 4 is 23.7 Å². The van der Waals surface area contributed by atoms with Gasteiger partial charge in [0.25, 0.3) is 0 Å². The monoisotopic (exact) mass is 554 g/mol. The average molecular weight is 555 g/mol. The molecule has 0 aromatic heterocycles. The summed E-state index contributed by atoms with van der Waals surface area (Å²) in [7, 11) is 0. The van der Waals surface area contributed by atoms with Crippen molar-refractivity contribution in [3.05, 3.63) is 59.7 Å². The molecule has 0 bridgehead atoms. The Morgan fingerprint density at radius 2 is 1.45 bits per heavy atom. The Kier molecular flexibility index (Phi) is 10.5. The molecule has 3 rings (SSSR count). The third-order valence-electron chi connectivity index (χ3n) is 6.88. The van der Waals surface area contributed by atoms with E-state index < -0.39 is 47.9 Å². The molecule has 11 heteroatoms. The molecule has 3 amide bonds. The fourth-order valence-electron chi connectivity index (χ4n) is 4.80. The van der Waals surface area contributed by atoms with Gasteiger partial charge in [-0.3, -0.25) is 14.4 Å².